The van der Waals surface area contributed by atoms with Crippen molar-refractivity contribution in [2.24, 2.45) is 0 Å². The van der Waals surface area contributed by atoms with E-state index in [1.165, 1.54) is 6.33 Å². The van der Waals surface area contributed by atoms with Gasteiger partial charge < -0.3 is 4.98 Å². The van der Waals surface area contributed by atoms with Crippen molar-refractivity contribution in [3.8, 4) is 11.4 Å². The fourth-order valence-electron chi connectivity index (χ4n) is 2.33. The Bertz CT molecular complexity index is 728. The Morgan fingerprint density at radius 3 is 2.95 bits per heavy atom. The second kappa shape index (κ2) is 3.85. The van der Waals surface area contributed by atoms with E-state index in [1.807, 2.05) is 12.1 Å². The highest BCUT2D eigenvalue weighted by atomic mass is 19.1. The minimum absolute atomic E-state index is 0.169. The van der Waals surface area contributed by atoms with Crippen LogP contribution in [0.1, 0.15) is 24.3 Å². The van der Waals surface area contributed by atoms with Crippen molar-refractivity contribution in [3.05, 3.63) is 42.1 Å². The van der Waals surface area contributed by atoms with Crippen LogP contribution in [0.15, 0.2) is 30.7 Å². The number of halogens is 1. The molecule has 0 radical (unpaired) electrons. The van der Waals surface area contributed by atoms with Gasteiger partial charge in [-0.05, 0) is 30.4 Å². The predicted molar refractivity (Wildman–Crippen MR) is 69.1 cm³/mol. The number of aromatic nitrogens is 4. The number of hydrogen-bond donors (Lipinski definition) is 1. The van der Waals surface area contributed by atoms with Gasteiger partial charge in [0, 0.05) is 0 Å². The first-order valence-corrected chi connectivity index (χ1v) is 6.27. The fraction of sp³-hybridized carbons (Fsp3) is 0.214. The van der Waals surface area contributed by atoms with Gasteiger partial charge in [-0.3, -0.25) is 0 Å². The summed E-state index contributed by atoms with van der Waals surface area (Å²) >= 11 is 0. The molecule has 0 spiro atoms. The Balaban J connectivity index is 1.89. The summed E-state index contributed by atoms with van der Waals surface area (Å²) in [5.74, 6) is 0.719. The number of H-pyrrole nitrogens is 1. The second-order valence-corrected chi connectivity index (χ2v) is 4.83. The maximum absolute atomic E-state index is 14.5. The molecule has 0 unspecified atom stereocenters. The summed E-state index contributed by atoms with van der Waals surface area (Å²) in [6.45, 7) is 0. The van der Waals surface area contributed by atoms with Gasteiger partial charge in [0.2, 0.25) is 0 Å². The lowest BCUT2D eigenvalue weighted by Gasteiger charge is -2.04. The average Bonchev–Trinajstić information content (AvgIpc) is 3.17. The highest BCUT2D eigenvalue weighted by molar-refractivity contribution is 5.75. The van der Waals surface area contributed by atoms with Crippen molar-refractivity contribution >= 4 is 11.2 Å². The molecule has 2 heterocycles. The molecule has 1 aromatic carbocycles. The standard InChI is InChI=1S/C14H11FN4/c15-12-9(8-4-5-8)2-1-3-10(12)13-18-11-6-16-7-17-14(11)19-13/h1-3,6-8H,4-5H2,(H,16,17,18,19). The molecule has 1 N–H and O–H groups in total. The predicted octanol–water partition coefficient (Wildman–Crippen LogP) is 3.04. The van der Waals surface area contributed by atoms with E-state index < -0.39 is 0 Å². The minimum atomic E-state index is -0.169. The Morgan fingerprint density at radius 1 is 1.26 bits per heavy atom. The van der Waals surface area contributed by atoms with Crippen molar-refractivity contribution in [2.45, 2.75) is 18.8 Å². The topological polar surface area (TPSA) is 54.5 Å². The van der Waals surface area contributed by atoms with Crippen molar-refractivity contribution in [2.75, 3.05) is 0 Å². The largest absolute Gasteiger partial charge is 0.335 e. The van der Waals surface area contributed by atoms with E-state index >= 15 is 0 Å². The van der Waals surface area contributed by atoms with Crippen molar-refractivity contribution < 1.29 is 4.39 Å². The number of hydrogen-bond acceptors (Lipinski definition) is 3. The molecule has 2 aromatic heterocycles. The van der Waals surface area contributed by atoms with E-state index in [0.717, 1.165) is 18.4 Å². The van der Waals surface area contributed by atoms with Gasteiger partial charge in [0.25, 0.3) is 0 Å². The van der Waals surface area contributed by atoms with Crippen LogP contribution in [0.25, 0.3) is 22.6 Å². The molecule has 3 aromatic rings. The number of imidazole rings is 1. The molecule has 1 saturated carbocycles. The fourth-order valence-corrected chi connectivity index (χ4v) is 2.33. The number of nitrogens with zero attached hydrogens (tertiary/aromatic N) is 3. The van der Waals surface area contributed by atoms with Crippen LogP contribution in [0.3, 0.4) is 0 Å². The van der Waals surface area contributed by atoms with Gasteiger partial charge in [-0.2, -0.15) is 0 Å². The van der Waals surface area contributed by atoms with Crippen LogP contribution in [-0.4, -0.2) is 19.9 Å². The highest BCUT2D eigenvalue weighted by Crippen LogP contribution is 2.42. The summed E-state index contributed by atoms with van der Waals surface area (Å²) in [7, 11) is 0. The van der Waals surface area contributed by atoms with Crippen molar-refractivity contribution in [1.29, 1.82) is 0 Å². The smallest absolute Gasteiger partial charge is 0.181 e. The quantitative estimate of drug-likeness (QED) is 0.764. The SMILES string of the molecule is Fc1c(-c2nc3ncncc3[nH]2)cccc1C1CC1. The average molecular weight is 254 g/mol. The third-order valence-corrected chi connectivity index (χ3v) is 3.46. The Kier molecular flexibility index (Phi) is 2.15. The Labute approximate surface area is 108 Å². The van der Waals surface area contributed by atoms with Gasteiger partial charge in [-0.1, -0.05) is 12.1 Å². The highest BCUT2D eigenvalue weighted by Gasteiger charge is 2.28. The molecule has 1 aliphatic rings. The summed E-state index contributed by atoms with van der Waals surface area (Å²) in [6, 6.07) is 5.48. The van der Waals surface area contributed by atoms with Crippen LogP contribution in [-0.2, 0) is 0 Å². The first-order valence-electron chi connectivity index (χ1n) is 6.27. The monoisotopic (exact) mass is 254 g/mol. The summed E-state index contributed by atoms with van der Waals surface area (Å²) < 4.78 is 14.5. The molecule has 94 valence electrons. The van der Waals surface area contributed by atoms with Gasteiger partial charge in [-0.15, -0.1) is 0 Å². The van der Waals surface area contributed by atoms with Crippen LogP contribution >= 0.6 is 0 Å². The molecule has 0 aliphatic heterocycles. The third-order valence-electron chi connectivity index (χ3n) is 3.46. The van der Waals surface area contributed by atoms with Gasteiger partial charge in [-0.25, -0.2) is 19.3 Å². The van der Waals surface area contributed by atoms with Crippen LogP contribution in [0, 0.1) is 5.82 Å². The molecular weight excluding hydrogens is 243 g/mol. The number of benzene rings is 1. The zero-order valence-corrected chi connectivity index (χ0v) is 10.1. The van der Waals surface area contributed by atoms with Crippen LogP contribution in [0.4, 0.5) is 4.39 Å². The first kappa shape index (κ1) is 10.6. The van der Waals surface area contributed by atoms with E-state index in [2.05, 4.69) is 19.9 Å². The zero-order valence-electron chi connectivity index (χ0n) is 10.1. The lowest BCUT2D eigenvalue weighted by Crippen LogP contribution is -1.92. The first-order chi connectivity index (χ1) is 9.33. The van der Waals surface area contributed by atoms with Crippen molar-refractivity contribution in [3.63, 3.8) is 0 Å². The normalized spacial score (nSPS) is 15.0. The van der Waals surface area contributed by atoms with Gasteiger partial charge in [0.05, 0.1) is 11.8 Å². The van der Waals surface area contributed by atoms with E-state index in [0.29, 0.717) is 28.5 Å². The molecule has 4 rings (SSSR count). The second-order valence-electron chi connectivity index (χ2n) is 4.83. The Morgan fingerprint density at radius 2 is 2.16 bits per heavy atom. The van der Waals surface area contributed by atoms with Gasteiger partial charge in [0.1, 0.15) is 23.5 Å². The molecule has 19 heavy (non-hydrogen) atoms. The van der Waals surface area contributed by atoms with Crippen LogP contribution < -0.4 is 0 Å². The lowest BCUT2D eigenvalue weighted by atomic mass is 10.1. The molecule has 1 fully saturated rings. The molecule has 1 aliphatic carbocycles. The van der Waals surface area contributed by atoms with E-state index in [1.54, 1.807) is 12.3 Å². The van der Waals surface area contributed by atoms with Crippen LogP contribution in [0.5, 0.6) is 0 Å². The van der Waals surface area contributed by atoms with E-state index in [-0.39, 0.29) is 5.82 Å². The maximum Gasteiger partial charge on any atom is 0.181 e. The maximum atomic E-state index is 14.5. The number of nitrogens with one attached hydrogen (secondary N) is 1. The van der Waals surface area contributed by atoms with E-state index in [4.69, 9.17) is 0 Å². The molecule has 4 nitrogen and oxygen atoms in total. The third kappa shape index (κ3) is 1.69. The van der Waals surface area contributed by atoms with Gasteiger partial charge >= 0.3 is 0 Å². The number of fused-ring (bicyclic) bond motifs is 1. The Hall–Kier alpha value is -2.30. The summed E-state index contributed by atoms with van der Waals surface area (Å²) in [4.78, 5) is 15.4. The number of rotatable bonds is 2. The molecule has 0 saturated heterocycles. The molecular formula is C14H11FN4. The summed E-state index contributed by atoms with van der Waals surface area (Å²) in [5, 5.41) is 0. The van der Waals surface area contributed by atoms with Gasteiger partial charge in [0.15, 0.2) is 5.65 Å². The van der Waals surface area contributed by atoms with Crippen LogP contribution in [0.2, 0.25) is 0 Å². The summed E-state index contributed by atoms with van der Waals surface area (Å²) in [6.07, 6.45) is 5.23. The van der Waals surface area contributed by atoms with E-state index in [9.17, 15) is 4.39 Å². The number of aromatic amines is 1. The molecule has 5 heteroatoms. The van der Waals surface area contributed by atoms with Crippen molar-refractivity contribution in [1.82, 2.24) is 19.9 Å². The summed E-state index contributed by atoms with van der Waals surface area (Å²) in [5.41, 5.74) is 2.57. The minimum Gasteiger partial charge on any atom is -0.335 e. The molecule has 0 bridgehead atoms. The molecule has 0 amide bonds. The lowest BCUT2D eigenvalue weighted by molar-refractivity contribution is 0.613. The zero-order chi connectivity index (χ0) is 12.8. The molecule has 0 atom stereocenters.